The Kier molecular flexibility index (Phi) is 4.50. The number of carbonyl (C=O) groups is 2. The number of hydrogen-bond acceptors (Lipinski definition) is 5. The van der Waals surface area contributed by atoms with Crippen LogP contribution in [-0.4, -0.2) is 40.9 Å². The first kappa shape index (κ1) is 18.4. The molecule has 1 aromatic carbocycles. The number of nitrogens with zero attached hydrogens (tertiary/aromatic N) is 2. The summed E-state index contributed by atoms with van der Waals surface area (Å²) in [5.74, 6) is -1.08. The number of amides is 1. The van der Waals surface area contributed by atoms with Gasteiger partial charge >= 0.3 is 5.97 Å². The average Bonchev–Trinajstić information content (AvgIpc) is 2.81. The number of ether oxygens (including phenoxy) is 1. The summed E-state index contributed by atoms with van der Waals surface area (Å²) in [5.41, 5.74) is -0.173. The number of nitro groups is 1. The Labute approximate surface area is 152 Å². The fraction of sp³-hybridized carbons (Fsp3) is 0.579. The lowest BCUT2D eigenvalue weighted by Crippen LogP contribution is -2.39. The van der Waals surface area contributed by atoms with E-state index >= 15 is 0 Å². The molecular formula is C19H24N2O5. The first-order valence-electron chi connectivity index (χ1n) is 8.80. The Bertz CT molecular complexity index is 760. The van der Waals surface area contributed by atoms with Gasteiger partial charge in [0.2, 0.25) is 0 Å². The summed E-state index contributed by atoms with van der Waals surface area (Å²) in [6, 6.07) is 5.74. The van der Waals surface area contributed by atoms with E-state index in [2.05, 4.69) is 20.8 Å². The number of hydrogen-bond donors (Lipinski definition) is 0. The van der Waals surface area contributed by atoms with E-state index in [1.807, 2.05) is 4.90 Å². The van der Waals surface area contributed by atoms with Gasteiger partial charge in [0.05, 0.1) is 4.92 Å². The predicted octanol–water partition coefficient (Wildman–Crippen LogP) is 3.18. The van der Waals surface area contributed by atoms with E-state index in [-0.39, 0.29) is 34.0 Å². The first-order chi connectivity index (χ1) is 12.1. The summed E-state index contributed by atoms with van der Waals surface area (Å²) in [4.78, 5) is 37.0. The lowest BCUT2D eigenvalue weighted by atomic mass is 9.65. The molecule has 1 aliphatic carbocycles. The van der Waals surface area contributed by atoms with E-state index in [1.54, 1.807) is 0 Å². The summed E-state index contributed by atoms with van der Waals surface area (Å²) < 4.78 is 5.09. The van der Waals surface area contributed by atoms with Gasteiger partial charge in [-0.15, -0.1) is 0 Å². The molecule has 1 amide bonds. The third-order valence-corrected chi connectivity index (χ3v) is 5.38. The van der Waals surface area contributed by atoms with Gasteiger partial charge in [-0.25, -0.2) is 4.79 Å². The fourth-order valence-electron chi connectivity index (χ4n) is 4.84. The number of carbonyl (C=O) groups excluding carboxylic acids is 2. The van der Waals surface area contributed by atoms with E-state index in [0.717, 1.165) is 19.3 Å². The van der Waals surface area contributed by atoms with Gasteiger partial charge in [-0.05, 0) is 36.2 Å². The average molecular weight is 360 g/mol. The van der Waals surface area contributed by atoms with Crippen molar-refractivity contribution in [3.63, 3.8) is 0 Å². The van der Waals surface area contributed by atoms with Crippen molar-refractivity contribution in [1.29, 1.82) is 0 Å². The van der Waals surface area contributed by atoms with Crippen molar-refractivity contribution in [2.24, 2.45) is 10.8 Å². The lowest BCUT2D eigenvalue weighted by Gasteiger charge is -2.39. The number of para-hydroxylation sites is 1. The van der Waals surface area contributed by atoms with Crippen LogP contribution < -0.4 is 0 Å². The molecule has 3 rings (SSSR count). The molecule has 1 saturated heterocycles. The third kappa shape index (κ3) is 3.57. The molecule has 7 heteroatoms. The van der Waals surface area contributed by atoms with Crippen LogP contribution in [0, 0.1) is 20.9 Å². The molecule has 2 aliphatic rings. The minimum absolute atomic E-state index is 0.101. The van der Waals surface area contributed by atoms with Gasteiger partial charge in [-0.3, -0.25) is 14.9 Å². The second-order valence-corrected chi connectivity index (χ2v) is 8.59. The summed E-state index contributed by atoms with van der Waals surface area (Å²) in [7, 11) is 0. The van der Waals surface area contributed by atoms with Crippen molar-refractivity contribution in [2.75, 3.05) is 13.2 Å². The second kappa shape index (κ2) is 6.37. The maximum atomic E-state index is 12.6. The monoisotopic (exact) mass is 360 g/mol. The Hall–Kier alpha value is -2.44. The second-order valence-electron chi connectivity index (χ2n) is 8.59. The Morgan fingerprint density at radius 3 is 2.65 bits per heavy atom. The number of esters is 1. The largest absolute Gasteiger partial charge is 0.452 e. The highest BCUT2D eigenvalue weighted by Gasteiger charge is 2.50. The molecule has 0 spiro atoms. The number of rotatable bonds is 4. The van der Waals surface area contributed by atoms with Gasteiger partial charge in [0.25, 0.3) is 11.6 Å². The molecular weight excluding hydrogens is 336 g/mol. The molecule has 0 aromatic heterocycles. The van der Waals surface area contributed by atoms with E-state index < -0.39 is 17.5 Å². The molecule has 7 nitrogen and oxygen atoms in total. The summed E-state index contributed by atoms with van der Waals surface area (Å²) in [6.07, 6.45) is 2.98. The third-order valence-electron chi connectivity index (χ3n) is 5.38. The number of nitro benzene ring substituents is 1. The normalized spacial score (nSPS) is 26.4. The van der Waals surface area contributed by atoms with Crippen LogP contribution in [0.2, 0.25) is 0 Å². The van der Waals surface area contributed by atoms with Crippen LogP contribution >= 0.6 is 0 Å². The molecule has 2 fully saturated rings. The van der Waals surface area contributed by atoms with Crippen LogP contribution in [0.3, 0.4) is 0 Å². The standard InChI is InChI=1S/C19H24N2O5/c1-18(2)8-13-9-19(3,11-18)12-20(13)16(22)10-26-17(23)14-6-4-5-7-15(14)21(24)25/h4-7,13H,8-12H2,1-3H3/t13-,19+/m1/s1. The first-order valence-corrected chi connectivity index (χ1v) is 8.80. The van der Waals surface area contributed by atoms with Crippen LogP contribution in [0.5, 0.6) is 0 Å². The molecule has 1 saturated carbocycles. The highest BCUT2D eigenvalue weighted by atomic mass is 16.6. The maximum Gasteiger partial charge on any atom is 0.345 e. The van der Waals surface area contributed by atoms with E-state index in [9.17, 15) is 19.7 Å². The molecule has 1 heterocycles. The van der Waals surface area contributed by atoms with Gasteiger partial charge in [-0.2, -0.15) is 0 Å². The molecule has 26 heavy (non-hydrogen) atoms. The van der Waals surface area contributed by atoms with Gasteiger partial charge in [0, 0.05) is 18.7 Å². The van der Waals surface area contributed by atoms with Crippen LogP contribution in [0.1, 0.15) is 50.4 Å². The van der Waals surface area contributed by atoms with Crippen molar-refractivity contribution < 1.29 is 19.2 Å². The van der Waals surface area contributed by atoms with Gasteiger partial charge < -0.3 is 9.64 Å². The van der Waals surface area contributed by atoms with Gasteiger partial charge in [0.15, 0.2) is 6.61 Å². The molecule has 0 unspecified atom stereocenters. The molecule has 0 radical (unpaired) electrons. The summed E-state index contributed by atoms with van der Waals surface area (Å²) >= 11 is 0. The number of fused-ring (bicyclic) bond motifs is 2. The maximum absolute atomic E-state index is 12.6. The molecule has 0 N–H and O–H groups in total. The minimum Gasteiger partial charge on any atom is -0.452 e. The highest BCUT2D eigenvalue weighted by Crippen LogP contribution is 2.52. The summed E-state index contributed by atoms with van der Waals surface area (Å²) in [5, 5.41) is 11.0. The minimum atomic E-state index is -0.848. The molecule has 2 bridgehead atoms. The van der Waals surface area contributed by atoms with Crippen molar-refractivity contribution in [3.8, 4) is 0 Å². The van der Waals surface area contributed by atoms with Crippen molar-refractivity contribution >= 4 is 17.6 Å². The summed E-state index contributed by atoms with van der Waals surface area (Å²) in [6.45, 7) is 6.92. The van der Waals surface area contributed by atoms with Gasteiger partial charge in [0.1, 0.15) is 5.56 Å². The zero-order valence-electron chi connectivity index (χ0n) is 15.4. The van der Waals surface area contributed by atoms with Crippen LogP contribution in [0.25, 0.3) is 0 Å². The lowest BCUT2D eigenvalue weighted by molar-refractivity contribution is -0.385. The van der Waals surface area contributed by atoms with Crippen molar-refractivity contribution in [2.45, 2.75) is 46.1 Å². The smallest absolute Gasteiger partial charge is 0.345 e. The quantitative estimate of drug-likeness (QED) is 0.467. The van der Waals surface area contributed by atoms with Gasteiger partial charge in [-0.1, -0.05) is 32.9 Å². The van der Waals surface area contributed by atoms with Crippen LogP contribution in [0.4, 0.5) is 5.69 Å². The Balaban J connectivity index is 1.65. The molecule has 1 aliphatic heterocycles. The predicted molar refractivity (Wildman–Crippen MR) is 94.6 cm³/mol. The molecule has 2 atom stereocenters. The van der Waals surface area contributed by atoms with Crippen LogP contribution in [-0.2, 0) is 9.53 Å². The Morgan fingerprint density at radius 1 is 1.27 bits per heavy atom. The van der Waals surface area contributed by atoms with E-state index in [4.69, 9.17) is 4.74 Å². The Morgan fingerprint density at radius 2 is 1.96 bits per heavy atom. The van der Waals surface area contributed by atoms with E-state index in [0.29, 0.717) is 6.54 Å². The zero-order chi connectivity index (χ0) is 19.1. The number of benzene rings is 1. The van der Waals surface area contributed by atoms with Crippen molar-refractivity contribution in [3.05, 3.63) is 39.9 Å². The molecule has 1 aromatic rings. The van der Waals surface area contributed by atoms with Crippen molar-refractivity contribution in [1.82, 2.24) is 4.90 Å². The molecule has 140 valence electrons. The van der Waals surface area contributed by atoms with Crippen LogP contribution in [0.15, 0.2) is 24.3 Å². The highest BCUT2D eigenvalue weighted by molar-refractivity contribution is 5.95. The topological polar surface area (TPSA) is 89.8 Å². The van der Waals surface area contributed by atoms with E-state index in [1.165, 1.54) is 24.3 Å². The SMILES string of the molecule is CC1(C)C[C@@H]2C[C@](C)(CN2C(=O)COC(=O)c2ccccc2[N+](=O)[O-])C1. The fourth-order valence-corrected chi connectivity index (χ4v) is 4.84. The number of likely N-dealkylation sites (tertiary alicyclic amines) is 1. The zero-order valence-corrected chi connectivity index (χ0v) is 15.4.